The molecule has 166 valence electrons. The highest BCUT2D eigenvalue weighted by molar-refractivity contribution is 6.03. The molecule has 0 spiro atoms. The number of nitrogens with zero attached hydrogens (tertiary/aromatic N) is 1. The number of fused-ring (bicyclic) bond motifs is 1. The van der Waals surface area contributed by atoms with Gasteiger partial charge in [0, 0.05) is 25.1 Å². The number of aromatic amines is 1. The SMILES string of the molecule is CC1CCC(c2cc(=O)c3c(C(N)=O)nccc3[nH]2)O1.CO.Cc1cccc(F)c1F. The Kier molecular flexibility index (Phi) is 8.35. The zero-order valence-corrected chi connectivity index (χ0v) is 17.5. The highest BCUT2D eigenvalue weighted by Crippen LogP contribution is 2.31. The van der Waals surface area contributed by atoms with Crippen LogP contribution in [0.5, 0.6) is 0 Å². The molecule has 0 bridgehead atoms. The van der Waals surface area contributed by atoms with Gasteiger partial charge in [-0.05, 0) is 44.4 Å². The maximum absolute atomic E-state index is 12.4. The molecule has 1 aromatic carbocycles. The van der Waals surface area contributed by atoms with Gasteiger partial charge >= 0.3 is 0 Å². The Balaban J connectivity index is 0.000000261. The summed E-state index contributed by atoms with van der Waals surface area (Å²) in [5.41, 5.74) is 6.61. The number of nitrogens with two attached hydrogens (primary N) is 1. The number of carbonyl (C=O) groups is 1. The third-order valence-electron chi connectivity index (χ3n) is 4.72. The van der Waals surface area contributed by atoms with Crippen molar-refractivity contribution < 1.29 is 23.4 Å². The minimum atomic E-state index is -0.782. The summed E-state index contributed by atoms with van der Waals surface area (Å²) in [6.07, 6.45) is 3.38. The maximum Gasteiger partial charge on any atom is 0.268 e. The second-order valence-electron chi connectivity index (χ2n) is 6.92. The number of H-pyrrole nitrogens is 1. The second kappa shape index (κ2) is 10.7. The first-order valence-electron chi connectivity index (χ1n) is 9.60. The minimum Gasteiger partial charge on any atom is -0.400 e. The summed E-state index contributed by atoms with van der Waals surface area (Å²) < 4.78 is 30.3. The van der Waals surface area contributed by atoms with Crippen LogP contribution in [0.15, 0.2) is 41.3 Å². The van der Waals surface area contributed by atoms with E-state index in [1.165, 1.54) is 31.3 Å². The number of hydrogen-bond acceptors (Lipinski definition) is 5. The maximum atomic E-state index is 12.4. The van der Waals surface area contributed by atoms with Gasteiger partial charge in [0.15, 0.2) is 17.1 Å². The molecule has 1 aliphatic rings. The van der Waals surface area contributed by atoms with Crippen molar-refractivity contribution in [1.29, 1.82) is 0 Å². The van der Waals surface area contributed by atoms with Crippen molar-refractivity contribution in [3.63, 3.8) is 0 Å². The van der Waals surface area contributed by atoms with Gasteiger partial charge in [0.1, 0.15) is 5.69 Å². The van der Waals surface area contributed by atoms with Crippen molar-refractivity contribution in [3.05, 3.63) is 75.3 Å². The fourth-order valence-corrected chi connectivity index (χ4v) is 3.22. The number of pyridine rings is 2. The molecule has 3 aromatic rings. The fraction of sp³-hybridized carbons (Fsp3) is 0.318. The molecular weight excluding hydrogens is 408 g/mol. The van der Waals surface area contributed by atoms with Crippen molar-refractivity contribution in [2.75, 3.05) is 7.11 Å². The van der Waals surface area contributed by atoms with Crippen LogP contribution in [0, 0.1) is 18.6 Å². The van der Waals surface area contributed by atoms with E-state index in [0.29, 0.717) is 11.1 Å². The summed E-state index contributed by atoms with van der Waals surface area (Å²) in [6, 6.07) is 7.23. The molecule has 1 amide bonds. The standard InChI is InChI=1S/C14H15N3O3.C7H6F2.CH4O/c1-7-2-3-11(20-7)9-6-10(18)12-8(17-9)4-5-16-13(12)14(15)19;1-5-3-2-4-6(8)7(5)9;1-2/h4-7,11H,2-3H2,1H3,(H2,15,19)(H,17,18);2-4H,1H3;2H,1H3. The number of primary amides is 1. The molecular formula is C22H25F2N3O4. The zero-order chi connectivity index (χ0) is 23.1. The number of aryl methyl sites for hydroxylation is 1. The monoisotopic (exact) mass is 433 g/mol. The normalized spacial score (nSPS) is 17.4. The van der Waals surface area contributed by atoms with Crippen LogP contribution in [0.2, 0.25) is 0 Å². The van der Waals surface area contributed by atoms with Crippen LogP contribution in [-0.2, 0) is 4.74 Å². The van der Waals surface area contributed by atoms with Crippen molar-refractivity contribution in [3.8, 4) is 0 Å². The Morgan fingerprint density at radius 3 is 2.52 bits per heavy atom. The minimum absolute atomic E-state index is 0.00370. The molecule has 4 N–H and O–H groups in total. The lowest BCUT2D eigenvalue weighted by atomic mass is 10.1. The second-order valence-corrected chi connectivity index (χ2v) is 6.92. The van der Waals surface area contributed by atoms with Crippen LogP contribution < -0.4 is 11.2 Å². The molecule has 0 saturated carbocycles. The van der Waals surface area contributed by atoms with E-state index < -0.39 is 17.5 Å². The number of benzene rings is 1. The van der Waals surface area contributed by atoms with Gasteiger partial charge < -0.3 is 20.6 Å². The highest BCUT2D eigenvalue weighted by Gasteiger charge is 2.25. The van der Waals surface area contributed by atoms with E-state index >= 15 is 0 Å². The first-order valence-corrected chi connectivity index (χ1v) is 9.60. The van der Waals surface area contributed by atoms with Crippen LogP contribution >= 0.6 is 0 Å². The van der Waals surface area contributed by atoms with Gasteiger partial charge in [-0.15, -0.1) is 0 Å². The number of halogens is 2. The van der Waals surface area contributed by atoms with Crippen molar-refractivity contribution in [2.45, 2.75) is 38.9 Å². The summed E-state index contributed by atoms with van der Waals surface area (Å²) in [7, 11) is 1.00. The molecule has 2 aromatic heterocycles. The number of carbonyl (C=O) groups excluding carboxylic acids is 1. The van der Waals surface area contributed by atoms with E-state index in [1.54, 1.807) is 6.07 Å². The van der Waals surface area contributed by atoms with Gasteiger partial charge in [-0.3, -0.25) is 14.6 Å². The van der Waals surface area contributed by atoms with Gasteiger partial charge in [0.25, 0.3) is 5.91 Å². The van der Waals surface area contributed by atoms with Crippen molar-refractivity contribution in [1.82, 2.24) is 9.97 Å². The number of hydrogen-bond donors (Lipinski definition) is 3. The predicted molar refractivity (Wildman–Crippen MR) is 113 cm³/mol. The van der Waals surface area contributed by atoms with Crippen molar-refractivity contribution in [2.24, 2.45) is 5.73 Å². The summed E-state index contributed by atoms with van der Waals surface area (Å²) in [6.45, 7) is 3.53. The van der Waals surface area contributed by atoms with Crippen LogP contribution in [-0.4, -0.2) is 34.2 Å². The first-order chi connectivity index (χ1) is 14.8. The highest BCUT2D eigenvalue weighted by atomic mass is 19.2. The molecule has 4 rings (SSSR count). The molecule has 1 aliphatic heterocycles. The van der Waals surface area contributed by atoms with Crippen LogP contribution in [0.4, 0.5) is 8.78 Å². The Labute approximate surface area is 177 Å². The topological polar surface area (TPSA) is 118 Å². The molecule has 0 aliphatic carbocycles. The molecule has 2 atom stereocenters. The largest absolute Gasteiger partial charge is 0.400 e. The average molecular weight is 433 g/mol. The van der Waals surface area contributed by atoms with Gasteiger partial charge in [-0.2, -0.15) is 0 Å². The molecule has 2 unspecified atom stereocenters. The summed E-state index contributed by atoms with van der Waals surface area (Å²) in [5, 5.41) is 7.23. The number of nitrogens with one attached hydrogen (secondary N) is 1. The fourth-order valence-electron chi connectivity index (χ4n) is 3.22. The number of rotatable bonds is 2. The quantitative estimate of drug-likeness (QED) is 0.574. The van der Waals surface area contributed by atoms with E-state index in [9.17, 15) is 18.4 Å². The van der Waals surface area contributed by atoms with Crippen LogP contribution in [0.1, 0.15) is 47.6 Å². The first kappa shape index (κ1) is 24.1. The van der Waals surface area contributed by atoms with E-state index in [2.05, 4.69) is 9.97 Å². The van der Waals surface area contributed by atoms with E-state index in [0.717, 1.165) is 31.7 Å². The van der Waals surface area contributed by atoms with E-state index in [1.807, 2.05) is 6.92 Å². The molecule has 31 heavy (non-hydrogen) atoms. The van der Waals surface area contributed by atoms with E-state index in [4.69, 9.17) is 15.6 Å². The molecule has 1 saturated heterocycles. The number of aliphatic hydroxyl groups is 1. The molecule has 9 heteroatoms. The lowest BCUT2D eigenvalue weighted by molar-refractivity contribution is 0.0532. The number of amides is 1. The van der Waals surface area contributed by atoms with Gasteiger partial charge in [-0.25, -0.2) is 8.78 Å². The molecule has 1 fully saturated rings. The average Bonchev–Trinajstić information content (AvgIpc) is 3.19. The lowest BCUT2D eigenvalue weighted by Gasteiger charge is -2.12. The third-order valence-corrected chi connectivity index (χ3v) is 4.72. The lowest BCUT2D eigenvalue weighted by Crippen LogP contribution is -2.18. The Morgan fingerprint density at radius 2 is 1.97 bits per heavy atom. The van der Waals surface area contributed by atoms with Crippen LogP contribution in [0.3, 0.4) is 0 Å². The molecule has 7 nitrogen and oxygen atoms in total. The Morgan fingerprint density at radius 1 is 1.26 bits per heavy atom. The van der Waals surface area contributed by atoms with Gasteiger partial charge in [-0.1, -0.05) is 12.1 Å². The summed E-state index contributed by atoms with van der Waals surface area (Å²) in [4.78, 5) is 30.6. The Hall–Kier alpha value is -3.17. The predicted octanol–water partition coefficient (Wildman–Crippen LogP) is 3.14. The number of aromatic nitrogens is 2. The number of aliphatic hydroxyl groups excluding tert-OH is 1. The smallest absolute Gasteiger partial charge is 0.268 e. The van der Waals surface area contributed by atoms with Crippen molar-refractivity contribution >= 4 is 16.8 Å². The molecule has 0 radical (unpaired) electrons. The zero-order valence-electron chi connectivity index (χ0n) is 17.5. The molecule has 3 heterocycles. The summed E-state index contributed by atoms with van der Waals surface area (Å²) in [5.74, 6) is -2.24. The Bertz CT molecular complexity index is 1100. The third kappa shape index (κ3) is 5.71. The summed E-state index contributed by atoms with van der Waals surface area (Å²) >= 11 is 0. The van der Waals surface area contributed by atoms with Crippen LogP contribution in [0.25, 0.3) is 10.9 Å². The van der Waals surface area contributed by atoms with E-state index in [-0.39, 0.29) is 28.7 Å². The van der Waals surface area contributed by atoms with Gasteiger partial charge in [0.2, 0.25) is 0 Å². The number of ether oxygens (including phenoxy) is 1. The van der Waals surface area contributed by atoms with Gasteiger partial charge in [0.05, 0.1) is 23.1 Å².